The van der Waals surface area contributed by atoms with Gasteiger partial charge in [0.05, 0.1) is 5.56 Å². The van der Waals surface area contributed by atoms with E-state index in [1.54, 1.807) is 32.2 Å². The van der Waals surface area contributed by atoms with Gasteiger partial charge in [0.25, 0.3) is 0 Å². The van der Waals surface area contributed by atoms with Crippen LogP contribution in [0.3, 0.4) is 0 Å². The van der Waals surface area contributed by atoms with Crippen molar-refractivity contribution in [2.45, 2.75) is 33.3 Å². The van der Waals surface area contributed by atoms with Gasteiger partial charge in [-0.25, -0.2) is 4.79 Å². The second-order valence-corrected chi connectivity index (χ2v) is 5.26. The molecule has 0 saturated heterocycles. The van der Waals surface area contributed by atoms with Gasteiger partial charge in [-0.2, -0.15) is 0 Å². The molecule has 1 amide bonds. The van der Waals surface area contributed by atoms with E-state index in [-0.39, 0.29) is 5.78 Å². The third kappa shape index (κ3) is 3.66. The number of ketones is 1. The highest BCUT2D eigenvalue weighted by molar-refractivity contribution is 7.14. The maximum atomic E-state index is 11.5. The number of nitrogens with one attached hydrogen (secondary N) is 1. The normalized spacial score (nSPS) is 11.0. The first-order chi connectivity index (χ1) is 7.29. The minimum atomic E-state index is -0.544. The van der Waals surface area contributed by atoms with E-state index in [0.29, 0.717) is 10.6 Å². The predicted molar refractivity (Wildman–Crippen MR) is 64.2 cm³/mol. The van der Waals surface area contributed by atoms with E-state index in [1.165, 1.54) is 18.3 Å². The van der Waals surface area contributed by atoms with Crippen molar-refractivity contribution in [3.63, 3.8) is 0 Å². The van der Waals surface area contributed by atoms with Crippen LogP contribution in [0.1, 0.15) is 38.1 Å². The smallest absolute Gasteiger partial charge is 0.412 e. The van der Waals surface area contributed by atoms with Gasteiger partial charge in [-0.15, -0.1) is 11.3 Å². The molecule has 1 aromatic rings. The predicted octanol–water partition coefficient (Wildman–Crippen LogP) is 3.30. The molecule has 0 bridgehead atoms. The standard InChI is InChI=1S/C11H15NO3S/c1-7(13)8-5-6-16-9(8)12-10(14)15-11(2,3)4/h5-6H,1-4H3,(H,12,14). The van der Waals surface area contributed by atoms with Crippen molar-refractivity contribution in [3.8, 4) is 0 Å². The summed E-state index contributed by atoms with van der Waals surface area (Å²) in [5, 5.41) is 4.85. The largest absolute Gasteiger partial charge is 0.444 e. The zero-order chi connectivity index (χ0) is 12.3. The SMILES string of the molecule is CC(=O)c1ccsc1NC(=O)OC(C)(C)C. The second-order valence-electron chi connectivity index (χ2n) is 4.35. The number of hydrogen-bond donors (Lipinski definition) is 1. The number of hydrogen-bond acceptors (Lipinski definition) is 4. The van der Waals surface area contributed by atoms with Gasteiger partial charge in [0.2, 0.25) is 0 Å². The summed E-state index contributed by atoms with van der Waals surface area (Å²) < 4.78 is 5.09. The van der Waals surface area contributed by atoms with Crippen LogP contribution in [0.4, 0.5) is 9.80 Å². The van der Waals surface area contributed by atoms with Crippen LogP contribution in [-0.4, -0.2) is 17.5 Å². The van der Waals surface area contributed by atoms with Gasteiger partial charge in [0.1, 0.15) is 10.6 Å². The molecule has 0 unspecified atom stereocenters. The summed E-state index contributed by atoms with van der Waals surface area (Å²) in [6.45, 7) is 6.81. The molecule has 0 spiro atoms. The lowest BCUT2D eigenvalue weighted by Crippen LogP contribution is -2.27. The van der Waals surface area contributed by atoms with E-state index in [1.807, 2.05) is 0 Å². The molecular formula is C11H15NO3S. The molecule has 0 radical (unpaired) electrons. The van der Waals surface area contributed by atoms with Crippen LogP contribution in [-0.2, 0) is 4.74 Å². The fourth-order valence-electron chi connectivity index (χ4n) is 1.08. The van der Waals surface area contributed by atoms with Gasteiger partial charge in [0, 0.05) is 0 Å². The van der Waals surface area contributed by atoms with Crippen LogP contribution in [0.5, 0.6) is 0 Å². The van der Waals surface area contributed by atoms with Gasteiger partial charge < -0.3 is 4.74 Å². The van der Waals surface area contributed by atoms with Gasteiger partial charge in [-0.3, -0.25) is 10.1 Å². The summed E-state index contributed by atoms with van der Waals surface area (Å²) in [7, 11) is 0. The highest BCUT2D eigenvalue weighted by Gasteiger charge is 2.18. The molecule has 4 nitrogen and oxygen atoms in total. The van der Waals surface area contributed by atoms with Crippen LogP contribution in [0, 0.1) is 0 Å². The molecule has 1 N–H and O–H groups in total. The molecule has 1 heterocycles. The lowest BCUT2D eigenvalue weighted by atomic mass is 10.2. The lowest BCUT2D eigenvalue weighted by molar-refractivity contribution is 0.0636. The summed E-state index contributed by atoms with van der Waals surface area (Å²) in [5.74, 6) is -0.0766. The Kier molecular flexibility index (Phi) is 3.70. The molecule has 0 aliphatic heterocycles. The number of thiophene rings is 1. The summed E-state index contributed by atoms with van der Waals surface area (Å²) in [6.07, 6.45) is -0.544. The minimum Gasteiger partial charge on any atom is -0.444 e. The lowest BCUT2D eigenvalue weighted by Gasteiger charge is -2.19. The van der Waals surface area contributed by atoms with E-state index in [4.69, 9.17) is 4.74 Å². The Hall–Kier alpha value is -1.36. The molecule has 0 fully saturated rings. The Morgan fingerprint density at radius 2 is 2.00 bits per heavy atom. The maximum Gasteiger partial charge on any atom is 0.412 e. The van der Waals surface area contributed by atoms with Crippen LogP contribution < -0.4 is 5.32 Å². The van der Waals surface area contributed by atoms with Gasteiger partial charge in [-0.1, -0.05) is 0 Å². The van der Waals surface area contributed by atoms with Crippen molar-refractivity contribution in [1.29, 1.82) is 0 Å². The maximum absolute atomic E-state index is 11.5. The van der Waals surface area contributed by atoms with Crippen molar-refractivity contribution in [2.75, 3.05) is 5.32 Å². The number of carbonyl (C=O) groups excluding carboxylic acids is 2. The third-order valence-corrected chi connectivity index (χ3v) is 2.49. The molecule has 0 aromatic carbocycles. The fourth-order valence-corrected chi connectivity index (χ4v) is 1.90. The number of rotatable bonds is 2. The van der Waals surface area contributed by atoms with Crippen LogP contribution >= 0.6 is 11.3 Å². The molecule has 0 aliphatic carbocycles. The molecule has 0 atom stereocenters. The Morgan fingerprint density at radius 1 is 1.38 bits per heavy atom. The molecular weight excluding hydrogens is 226 g/mol. The number of amides is 1. The van der Waals surface area contributed by atoms with Crippen LogP contribution in [0.25, 0.3) is 0 Å². The van der Waals surface area contributed by atoms with Crippen molar-refractivity contribution < 1.29 is 14.3 Å². The Bertz CT molecular complexity index is 404. The zero-order valence-corrected chi connectivity index (χ0v) is 10.6. The Balaban J connectivity index is 2.70. The van der Waals surface area contributed by atoms with E-state index >= 15 is 0 Å². The second kappa shape index (κ2) is 4.65. The number of carbonyl (C=O) groups is 2. The molecule has 1 rings (SSSR count). The summed E-state index contributed by atoms with van der Waals surface area (Å²) in [5.41, 5.74) is -0.0339. The molecule has 16 heavy (non-hydrogen) atoms. The third-order valence-electron chi connectivity index (χ3n) is 1.66. The van der Waals surface area contributed by atoms with E-state index in [9.17, 15) is 9.59 Å². The Labute approximate surface area is 98.6 Å². The Morgan fingerprint density at radius 3 is 2.50 bits per heavy atom. The molecule has 1 aromatic heterocycles. The molecule has 88 valence electrons. The fraction of sp³-hybridized carbons (Fsp3) is 0.455. The molecule has 5 heteroatoms. The topological polar surface area (TPSA) is 55.4 Å². The first-order valence-electron chi connectivity index (χ1n) is 4.88. The summed E-state index contributed by atoms with van der Waals surface area (Å²) in [4.78, 5) is 22.7. The summed E-state index contributed by atoms with van der Waals surface area (Å²) >= 11 is 1.30. The average Bonchev–Trinajstić information content (AvgIpc) is 2.47. The van der Waals surface area contributed by atoms with Crippen LogP contribution in [0.15, 0.2) is 11.4 Å². The van der Waals surface area contributed by atoms with E-state index in [0.717, 1.165) is 0 Å². The zero-order valence-electron chi connectivity index (χ0n) is 9.79. The monoisotopic (exact) mass is 241 g/mol. The van der Waals surface area contributed by atoms with Gasteiger partial charge in [-0.05, 0) is 39.1 Å². The first kappa shape index (κ1) is 12.7. The highest BCUT2D eigenvalue weighted by atomic mass is 32.1. The summed E-state index contributed by atoms with van der Waals surface area (Å²) in [6, 6.07) is 1.68. The van der Waals surface area contributed by atoms with E-state index in [2.05, 4.69) is 5.32 Å². The number of anilines is 1. The van der Waals surface area contributed by atoms with Gasteiger partial charge >= 0.3 is 6.09 Å². The quantitative estimate of drug-likeness (QED) is 0.808. The van der Waals surface area contributed by atoms with E-state index < -0.39 is 11.7 Å². The van der Waals surface area contributed by atoms with Crippen molar-refractivity contribution in [1.82, 2.24) is 0 Å². The van der Waals surface area contributed by atoms with Crippen molar-refractivity contribution >= 4 is 28.2 Å². The number of ether oxygens (including phenoxy) is 1. The van der Waals surface area contributed by atoms with Crippen molar-refractivity contribution in [3.05, 3.63) is 17.0 Å². The minimum absolute atomic E-state index is 0.0766. The molecule has 0 aliphatic rings. The average molecular weight is 241 g/mol. The van der Waals surface area contributed by atoms with Crippen molar-refractivity contribution in [2.24, 2.45) is 0 Å². The first-order valence-corrected chi connectivity index (χ1v) is 5.76. The van der Waals surface area contributed by atoms with Crippen LogP contribution in [0.2, 0.25) is 0 Å². The van der Waals surface area contributed by atoms with Gasteiger partial charge in [0.15, 0.2) is 5.78 Å². The highest BCUT2D eigenvalue weighted by Crippen LogP contribution is 2.24. The number of Topliss-reactive ketones (excluding diaryl/α,β-unsaturated/α-hetero) is 1. The molecule has 0 saturated carbocycles.